The van der Waals surface area contributed by atoms with Crippen LogP contribution in [0, 0.1) is 5.92 Å². The van der Waals surface area contributed by atoms with Crippen LogP contribution < -0.4 is 14.8 Å². The highest BCUT2D eigenvalue weighted by Crippen LogP contribution is 2.33. The predicted molar refractivity (Wildman–Crippen MR) is 88.8 cm³/mol. The maximum atomic E-state index is 6.13. The van der Waals surface area contributed by atoms with Crippen LogP contribution >= 0.6 is 0 Å². The average Bonchev–Trinajstić information content (AvgIpc) is 2.58. The Balaban J connectivity index is 1.78. The van der Waals surface area contributed by atoms with Gasteiger partial charge in [0, 0.05) is 0 Å². The van der Waals surface area contributed by atoms with Crippen molar-refractivity contribution in [2.24, 2.45) is 5.92 Å². The van der Waals surface area contributed by atoms with Crippen LogP contribution in [0.1, 0.15) is 18.4 Å². The topological polar surface area (TPSA) is 30.5 Å². The highest BCUT2D eigenvalue weighted by atomic mass is 16.5. The summed E-state index contributed by atoms with van der Waals surface area (Å²) in [6, 6.07) is 16.1. The highest BCUT2D eigenvalue weighted by Gasteiger charge is 2.16. The number of nitrogens with one attached hydrogen (secondary N) is 1. The van der Waals surface area contributed by atoms with Gasteiger partial charge in [-0.25, -0.2) is 0 Å². The van der Waals surface area contributed by atoms with Crippen molar-refractivity contribution < 1.29 is 9.47 Å². The first-order chi connectivity index (χ1) is 10.9. The van der Waals surface area contributed by atoms with Crippen molar-refractivity contribution in [3.8, 4) is 17.2 Å². The summed E-state index contributed by atoms with van der Waals surface area (Å²) in [5.41, 5.74) is 1.27. The first-order valence-electron chi connectivity index (χ1n) is 7.96. The molecule has 22 heavy (non-hydrogen) atoms. The van der Waals surface area contributed by atoms with Crippen LogP contribution in [0.4, 0.5) is 0 Å². The number of piperidine rings is 1. The minimum absolute atomic E-state index is 0.691. The van der Waals surface area contributed by atoms with E-state index in [1.54, 1.807) is 7.11 Å². The van der Waals surface area contributed by atoms with Crippen molar-refractivity contribution in [1.82, 2.24) is 5.32 Å². The van der Waals surface area contributed by atoms with E-state index in [1.807, 2.05) is 36.4 Å². The molecule has 1 unspecified atom stereocenters. The second-order valence-corrected chi connectivity index (χ2v) is 5.78. The Hall–Kier alpha value is -2.00. The number of rotatable bonds is 5. The molecule has 0 aromatic heterocycles. The molecule has 0 aliphatic carbocycles. The molecule has 0 bridgehead atoms. The lowest BCUT2D eigenvalue weighted by Gasteiger charge is -2.23. The van der Waals surface area contributed by atoms with Crippen LogP contribution in [0.3, 0.4) is 0 Å². The molecule has 1 aliphatic rings. The summed E-state index contributed by atoms with van der Waals surface area (Å²) in [5, 5.41) is 3.48. The summed E-state index contributed by atoms with van der Waals surface area (Å²) in [6.45, 7) is 2.25. The maximum absolute atomic E-state index is 6.13. The quantitative estimate of drug-likeness (QED) is 0.904. The zero-order chi connectivity index (χ0) is 15.2. The Kier molecular flexibility index (Phi) is 4.96. The van der Waals surface area contributed by atoms with Gasteiger partial charge in [-0.1, -0.05) is 30.3 Å². The zero-order valence-corrected chi connectivity index (χ0v) is 13.0. The van der Waals surface area contributed by atoms with Crippen molar-refractivity contribution in [2.45, 2.75) is 19.3 Å². The summed E-state index contributed by atoms with van der Waals surface area (Å²) in [4.78, 5) is 0. The average molecular weight is 297 g/mol. The van der Waals surface area contributed by atoms with E-state index in [9.17, 15) is 0 Å². The lowest BCUT2D eigenvalue weighted by molar-refractivity contribution is 0.363. The van der Waals surface area contributed by atoms with Crippen molar-refractivity contribution >= 4 is 0 Å². The molecule has 3 nitrogen and oxygen atoms in total. The van der Waals surface area contributed by atoms with Gasteiger partial charge in [-0.15, -0.1) is 0 Å². The molecule has 116 valence electrons. The molecule has 2 aromatic carbocycles. The van der Waals surface area contributed by atoms with Crippen molar-refractivity contribution in [1.29, 1.82) is 0 Å². The van der Waals surface area contributed by atoms with Gasteiger partial charge < -0.3 is 14.8 Å². The van der Waals surface area contributed by atoms with Crippen LogP contribution in [0.5, 0.6) is 17.2 Å². The molecule has 0 amide bonds. The second-order valence-electron chi connectivity index (χ2n) is 5.78. The van der Waals surface area contributed by atoms with Gasteiger partial charge in [0.1, 0.15) is 5.75 Å². The third-order valence-corrected chi connectivity index (χ3v) is 4.17. The maximum Gasteiger partial charge on any atom is 0.169 e. The fourth-order valence-electron chi connectivity index (χ4n) is 3.00. The minimum Gasteiger partial charge on any atom is -0.493 e. The van der Waals surface area contributed by atoms with Crippen molar-refractivity contribution in [3.63, 3.8) is 0 Å². The van der Waals surface area contributed by atoms with Gasteiger partial charge in [-0.2, -0.15) is 0 Å². The van der Waals surface area contributed by atoms with E-state index < -0.39 is 0 Å². The molecule has 0 spiro atoms. The molecule has 0 radical (unpaired) electrons. The largest absolute Gasteiger partial charge is 0.493 e. The third-order valence-electron chi connectivity index (χ3n) is 4.17. The molecule has 2 aromatic rings. The molecule has 3 rings (SSSR count). The molecule has 0 saturated carbocycles. The van der Waals surface area contributed by atoms with Gasteiger partial charge in [0.25, 0.3) is 0 Å². The number of para-hydroxylation sites is 3. The van der Waals surface area contributed by atoms with E-state index in [1.165, 1.54) is 18.4 Å². The molecule has 1 N–H and O–H groups in total. The molecule has 3 heteroatoms. The summed E-state index contributed by atoms with van der Waals surface area (Å²) >= 11 is 0. The fraction of sp³-hybridized carbons (Fsp3) is 0.368. The Bertz CT molecular complexity index is 606. The number of methoxy groups -OCH3 is 1. The van der Waals surface area contributed by atoms with Crippen LogP contribution in [-0.4, -0.2) is 20.2 Å². The summed E-state index contributed by atoms with van der Waals surface area (Å²) < 4.78 is 11.5. The molecule has 1 saturated heterocycles. The van der Waals surface area contributed by atoms with Gasteiger partial charge in [0.05, 0.1) is 7.11 Å². The third kappa shape index (κ3) is 3.60. The van der Waals surface area contributed by atoms with E-state index in [-0.39, 0.29) is 0 Å². The number of hydrogen-bond acceptors (Lipinski definition) is 3. The normalized spacial score (nSPS) is 18.0. The van der Waals surface area contributed by atoms with Crippen LogP contribution in [0.25, 0.3) is 0 Å². The first-order valence-corrected chi connectivity index (χ1v) is 7.96. The van der Waals surface area contributed by atoms with Gasteiger partial charge in [0.2, 0.25) is 0 Å². The molecule has 1 atom stereocenters. The van der Waals surface area contributed by atoms with Gasteiger partial charge in [0.15, 0.2) is 11.5 Å². The number of hydrogen-bond donors (Lipinski definition) is 1. The molecular weight excluding hydrogens is 274 g/mol. The lowest BCUT2D eigenvalue weighted by Crippen LogP contribution is -2.30. The van der Waals surface area contributed by atoms with Crippen molar-refractivity contribution in [3.05, 3.63) is 54.1 Å². The van der Waals surface area contributed by atoms with Crippen LogP contribution in [0.2, 0.25) is 0 Å². The number of benzene rings is 2. The minimum atomic E-state index is 0.691. The molecule has 1 heterocycles. The van der Waals surface area contributed by atoms with Crippen molar-refractivity contribution in [2.75, 3.05) is 20.2 Å². The lowest BCUT2D eigenvalue weighted by atomic mass is 9.92. The van der Waals surface area contributed by atoms with Gasteiger partial charge >= 0.3 is 0 Å². The van der Waals surface area contributed by atoms with E-state index in [0.29, 0.717) is 5.92 Å². The van der Waals surface area contributed by atoms with E-state index >= 15 is 0 Å². The van der Waals surface area contributed by atoms with Gasteiger partial charge in [-0.3, -0.25) is 0 Å². The Labute approximate surface area is 132 Å². The molecule has 1 fully saturated rings. The second kappa shape index (κ2) is 7.32. The first kappa shape index (κ1) is 14.9. The Morgan fingerprint density at radius 2 is 1.73 bits per heavy atom. The van der Waals surface area contributed by atoms with Crippen LogP contribution in [-0.2, 0) is 6.42 Å². The SMILES string of the molecule is COc1ccccc1Oc1ccccc1CC1CCCNC1. The smallest absolute Gasteiger partial charge is 0.169 e. The Morgan fingerprint density at radius 1 is 1.00 bits per heavy atom. The molecule has 1 aliphatic heterocycles. The summed E-state index contributed by atoms with van der Waals surface area (Å²) in [5.74, 6) is 3.14. The summed E-state index contributed by atoms with van der Waals surface area (Å²) in [7, 11) is 1.67. The van der Waals surface area contributed by atoms with Crippen LogP contribution in [0.15, 0.2) is 48.5 Å². The number of ether oxygens (including phenoxy) is 2. The molecular formula is C19H23NO2. The zero-order valence-electron chi connectivity index (χ0n) is 13.0. The van der Waals surface area contributed by atoms with E-state index in [4.69, 9.17) is 9.47 Å². The predicted octanol–water partition coefficient (Wildman–Crippen LogP) is 4.03. The monoisotopic (exact) mass is 297 g/mol. The summed E-state index contributed by atoms with van der Waals surface area (Å²) in [6.07, 6.45) is 3.61. The van der Waals surface area contributed by atoms with Gasteiger partial charge in [-0.05, 0) is 62.0 Å². The van der Waals surface area contributed by atoms with E-state index in [2.05, 4.69) is 17.4 Å². The highest BCUT2D eigenvalue weighted by molar-refractivity contribution is 5.44. The van der Waals surface area contributed by atoms with E-state index in [0.717, 1.165) is 36.8 Å². The standard InChI is InChI=1S/C19H23NO2/c1-21-18-10-4-5-11-19(18)22-17-9-3-2-8-16(17)13-15-7-6-12-20-14-15/h2-5,8-11,15,20H,6-7,12-14H2,1H3. The fourth-order valence-corrected chi connectivity index (χ4v) is 3.00. The Morgan fingerprint density at radius 3 is 2.45 bits per heavy atom.